The Morgan fingerprint density at radius 2 is 2.05 bits per heavy atom. The number of fused-ring (bicyclic) bond motifs is 1. The van der Waals surface area contributed by atoms with Gasteiger partial charge in [0, 0.05) is 11.2 Å². The van der Waals surface area contributed by atoms with Gasteiger partial charge in [0.15, 0.2) is 0 Å². The molecule has 1 aromatic rings. The van der Waals surface area contributed by atoms with E-state index in [1.165, 1.54) is 49.7 Å². The van der Waals surface area contributed by atoms with Crippen LogP contribution in [-0.2, 0) is 6.42 Å². The highest BCUT2D eigenvalue weighted by Crippen LogP contribution is 2.35. The number of alkyl halides is 1. The first-order valence-corrected chi connectivity index (χ1v) is 8.55. The van der Waals surface area contributed by atoms with Gasteiger partial charge in [-0.05, 0) is 30.5 Å². The maximum Gasteiger partial charge on any atom is 0.123 e. The molecule has 2 unspecified atom stereocenters. The fourth-order valence-electron chi connectivity index (χ4n) is 2.73. The van der Waals surface area contributed by atoms with Gasteiger partial charge in [0.1, 0.15) is 11.9 Å². The van der Waals surface area contributed by atoms with Crippen molar-refractivity contribution in [1.82, 2.24) is 0 Å². The van der Waals surface area contributed by atoms with Gasteiger partial charge in [-0.25, -0.2) is 0 Å². The lowest BCUT2D eigenvalue weighted by atomic mass is 10.0. The molecule has 1 aliphatic heterocycles. The fourth-order valence-corrected chi connectivity index (χ4v) is 3.34. The van der Waals surface area contributed by atoms with Gasteiger partial charge >= 0.3 is 0 Å². The molecule has 1 aromatic carbocycles. The average molecular weight is 325 g/mol. The largest absolute Gasteiger partial charge is 0.490 e. The van der Waals surface area contributed by atoms with Crippen molar-refractivity contribution in [2.24, 2.45) is 0 Å². The Kier molecular flexibility index (Phi) is 5.75. The van der Waals surface area contributed by atoms with Crippen molar-refractivity contribution in [3.8, 4) is 5.75 Å². The first-order valence-electron chi connectivity index (χ1n) is 7.64. The standard InChI is InChI=1S/C17H25BrO/c1-3-4-5-6-7-8-16(18)14-9-10-17-15(12-14)11-13(2)19-17/h9-10,12-13,16H,3-8,11H2,1-2H3. The molecular formula is C17H25BrO. The second kappa shape index (κ2) is 7.33. The number of benzene rings is 1. The summed E-state index contributed by atoms with van der Waals surface area (Å²) >= 11 is 3.84. The number of halogens is 1. The maximum atomic E-state index is 5.75. The molecular weight excluding hydrogens is 300 g/mol. The molecule has 0 N–H and O–H groups in total. The van der Waals surface area contributed by atoms with Crippen molar-refractivity contribution in [2.75, 3.05) is 0 Å². The summed E-state index contributed by atoms with van der Waals surface area (Å²) in [7, 11) is 0. The van der Waals surface area contributed by atoms with Crippen molar-refractivity contribution < 1.29 is 4.74 Å². The van der Waals surface area contributed by atoms with E-state index in [0.717, 1.165) is 12.2 Å². The second-order valence-corrected chi connectivity index (χ2v) is 6.78. The van der Waals surface area contributed by atoms with Gasteiger partial charge in [0.2, 0.25) is 0 Å². The lowest BCUT2D eigenvalue weighted by Gasteiger charge is -2.11. The van der Waals surface area contributed by atoms with E-state index in [1.807, 2.05) is 0 Å². The zero-order valence-electron chi connectivity index (χ0n) is 12.1. The molecule has 1 heterocycles. The minimum atomic E-state index is 0.341. The van der Waals surface area contributed by atoms with E-state index in [2.05, 4.69) is 48.0 Å². The van der Waals surface area contributed by atoms with Crippen LogP contribution in [0.3, 0.4) is 0 Å². The van der Waals surface area contributed by atoms with E-state index in [-0.39, 0.29) is 0 Å². The van der Waals surface area contributed by atoms with Crippen molar-refractivity contribution in [2.45, 2.75) is 69.7 Å². The van der Waals surface area contributed by atoms with Crippen LogP contribution in [0.1, 0.15) is 68.3 Å². The summed E-state index contributed by atoms with van der Waals surface area (Å²) in [6, 6.07) is 6.67. The summed E-state index contributed by atoms with van der Waals surface area (Å²) in [6.07, 6.45) is 9.39. The van der Waals surface area contributed by atoms with Gasteiger partial charge in [0.05, 0.1) is 0 Å². The minimum absolute atomic E-state index is 0.341. The summed E-state index contributed by atoms with van der Waals surface area (Å²) < 4.78 is 5.75. The van der Waals surface area contributed by atoms with Gasteiger partial charge in [-0.15, -0.1) is 0 Å². The van der Waals surface area contributed by atoms with Gasteiger partial charge in [0.25, 0.3) is 0 Å². The SMILES string of the molecule is CCCCCCCC(Br)c1ccc2c(c1)CC(C)O2. The Morgan fingerprint density at radius 1 is 1.26 bits per heavy atom. The van der Waals surface area contributed by atoms with Crippen molar-refractivity contribution in [3.05, 3.63) is 29.3 Å². The van der Waals surface area contributed by atoms with Crippen LogP contribution < -0.4 is 4.74 Å². The van der Waals surface area contributed by atoms with E-state index in [0.29, 0.717) is 10.9 Å². The summed E-state index contributed by atoms with van der Waals surface area (Å²) in [4.78, 5) is 0.496. The van der Waals surface area contributed by atoms with Crippen LogP contribution in [0, 0.1) is 0 Å². The van der Waals surface area contributed by atoms with Crippen molar-refractivity contribution in [3.63, 3.8) is 0 Å². The zero-order valence-corrected chi connectivity index (χ0v) is 13.7. The topological polar surface area (TPSA) is 9.23 Å². The molecule has 0 radical (unpaired) electrons. The predicted molar refractivity (Wildman–Crippen MR) is 85.3 cm³/mol. The van der Waals surface area contributed by atoms with E-state index in [1.54, 1.807) is 0 Å². The molecule has 0 saturated carbocycles. The molecule has 0 bridgehead atoms. The van der Waals surface area contributed by atoms with E-state index in [9.17, 15) is 0 Å². The highest BCUT2D eigenvalue weighted by Gasteiger charge is 2.20. The van der Waals surface area contributed by atoms with E-state index in [4.69, 9.17) is 4.74 Å². The Hall–Kier alpha value is -0.500. The highest BCUT2D eigenvalue weighted by atomic mass is 79.9. The average Bonchev–Trinajstić information content (AvgIpc) is 2.77. The van der Waals surface area contributed by atoms with Gasteiger partial charge in [-0.1, -0.05) is 67.1 Å². The third-order valence-electron chi connectivity index (χ3n) is 3.84. The first kappa shape index (κ1) is 14.9. The van der Waals surface area contributed by atoms with Gasteiger partial charge in [-0.3, -0.25) is 0 Å². The fraction of sp³-hybridized carbons (Fsp3) is 0.647. The Balaban J connectivity index is 1.83. The molecule has 0 spiro atoms. The van der Waals surface area contributed by atoms with Gasteiger partial charge < -0.3 is 4.74 Å². The molecule has 2 rings (SSSR count). The molecule has 2 atom stereocenters. The smallest absolute Gasteiger partial charge is 0.123 e. The monoisotopic (exact) mass is 324 g/mol. The van der Waals surface area contributed by atoms with Crippen molar-refractivity contribution >= 4 is 15.9 Å². The third-order valence-corrected chi connectivity index (χ3v) is 4.83. The molecule has 0 fully saturated rings. The minimum Gasteiger partial charge on any atom is -0.490 e. The first-order chi connectivity index (χ1) is 9.20. The predicted octanol–water partition coefficient (Wildman–Crippen LogP) is 5.81. The van der Waals surface area contributed by atoms with Crippen LogP contribution in [0.4, 0.5) is 0 Å². The number of rotatable bonds is 7. The number of unbranched alkanes of at least 4 members (excludes halogenated alkanes) is 4. The van der Waals surface area contributed by atoms with Crippen LogP contribution in [0.15, 0.2) is 18.2 Å². The molecule has 106 valence electrons. The quantitative estimate of drug-likeness (QED) is 0.454. The molecule has 2 heteroatoms. The number of ether oxygens (including phenoxy) is 1. The van der Waals surface area contributed by atoms with E-state index >= 15 is 0 Å². The Labute approximate surface area is 125 Å². The summed E-state index contributed by atoms with van der Waals surface area (Å²) in [5.74, 6) is 1.08. The summed E-state index contributed by atoms with van der Waals surface area (Å²) in [5.41, 5.74) is 2.78. The number of hydrogen-bond acceptors (Lipinski definition) is 1. The normalized spacial score (nSPS) is 19.0. The summed E-state index contributed by atoms with van der Waals surface area (Å²) in [6.45, 7) is 4.40. The summed E-state index contributed by atoms with van der Waals surface area (Å²) in [5, 5.41) is 0. The van der Waals surface area contributed by atoms with Gasteiger partial charge in [-0.2, -0.15) is 0 Å². The Morgan fingerprint density at radius 3 is 2.84 bits per heavy atom. The van der Waals surface area contributed by atoms with Crippen LogP contribution in [-0.4, -0.2) is 6.10 Å². The van der Waals surface area contributed by atoms with Crippen LogP contribution in [0.2, 0.25) is 0 Å². The highest BCUT2D eigenvalue weighted by molar-refractivity contribution is 9.09. The molecule has 0 saturated heterocycles. The third kappa shape index (κ3) is 4.24. The molecule has 0 aromatic heterocycles. The van der Waals surface area contributed by atoms with Crippen LogP contribution in [0.5, 0.6) is 5.75 Å². The maximum absolute atomic E-state index is 5.75. The Bertz CT molecular complexity index is 402. The molecule has 19 heavy (non-hydrogen) atoms. The lowest BCUT2D eigenvalue weighted by molar-refractivity contribution is 0.254. The van der Waals surface area contributed by atoms with E-state index < -0.39 is 0 Å². The van der Waals surface area contributed by atoms with Crippen molar-refractivity contribution in [1.29, 1.82) is 0 Å². The van der Waals surface area contributed by atoms with Crippen LogP contribution in [0.25, 0.3) is 0 Å². The molecule has 0 amide bonds. The molecule has 1 aliphatic rings. The zero-order chi connectivity index (χ0) is 13.7. The lowest BCUT2D eigenvalue weighted by Crippen LogP contribution is -2.05. The molecule has 1 nitrogen and oxygen atoms in total. The number of hydrogen-bond donors (Lipinski definition) is 0. The van der Waals surface area contributed by atoms with Crippen LogP contribution >= 0.6 is 15.9 Å². The second-order valence-electron chi connectivity index (χ2n) is 5.67. The molecule has 0 aliphatic carbocycles.